The first-order valence-corrected chi connectivity index (χ1v) is 13.7. The Bertz CT molecular complexity index is 1540. The number of hydrogen-bond acceptors (Lipinski definition) is 7. The van der Waals surface area contributed by atoms with Gasteiger partial charge >= 0.3 is 18.2 Å². The van der Waals surface area contributed by atoms with Crippen LogP contribution in [0.2, 0.25) is 0 Å². The second-order valence-corrected chi connectivity index (χ2v) is 10.9. The SMILES string of the molecule is COc1ccc([C@@H]2C[C@H]2C(=O)O)cc1-c1cnc(N2CCC2)nc1CN1C(=O)O[C@H](c2cccc(C(F)(F)F)c2)[C@@H]1C. The molecule has 3 fully saturated rings. The van der Waals surface area contributed by atoms with Crippen molar-refractivity contribution in [2.45, 2.75) is 50.6 Å². The molecule has 0 unspecified atom stereocenters. The second-order valence-electron chi connectivity index (χ2n) is 10.9. The Hall–Kier alpha value is -4.35. The number of ether oxygens (including phenoxy) is 2. The van der Waals surface area contributed by atoms with Crippen LogP contribution in [-0.4, -0.2) is 58.3 Å². The fourth-order valence-electron chi connectivity index (χ4n) is 5.64. The molecule has 2 aromatic carbocycles. The Morgan fingerprint density at radius 2 is 1.93 bits per heavy atom. The molecule has 0 radical (unpaired) electrons. The molecule has 3 aromatic rings. The quantitative estimate of drug-likeness (QED) is 0.363. The Balaban J connectivity index is 1.35. The Kier molecular flexibility index (Phi) is 6.94. The summed E-state index contributed by atoms with van der Waals surface area (Å²) in [6.45, 7) is 3.35. The van der Waals surface area contributed by atoms with Gasteiger partial charge in [0.25, 0.3) is 0 Å². The van der Waals surface area contributed by atoms with E-state index in [2.05, 4.69) is 4.98 Å². The summed E-state index contributed by atoms with van der Waals surface area (Å²) < 4.78 is 51.3. The van der Waals surface area contributed by atoms with Crippen LogP contribution in [-0.2, 0) is 22.3 Å². The van der Waals surface area contributed by atoms with E-state index in [-0.39, 0.29) is 18.0 Å². The van der Waals surface area contributed by atoms with E-state index in [9.17, 15) is 27.9 Å². The number of alkyl halides is 3. The molecule has 3 heterocycles. The molecule has 1 aromatic heterocycles. The number of hydrogen-bond donors (Lipinski definition) is 1. The third-order valence-corrected chi connectivity index (χ3v) is 8.30. The van der Waals surface area contributed by atoms with Gasteiger partial charge in [0.1, 0.15) is 11.9 Å². The topological polar surface area (TPSA) is 105 Å². The molecule has 9 nitrogen and oxygen atoms in total. The molecule has 220 valence electrons. The number of methoxy groups -OCH3 is 1. The monoisotopic (exact) mass is 582 g/mol. The summed E-state index contributed by atoms with van der Waals surface area (Å²) in [4.78, 5) is 37.5. The maximum Gasteiger partial charge on any atom is 0.416 e. The highest BCUT2D eigenvalue weighted by Gasteiger charge is 2.45. The summed E-state index contributed by atoms with van der Waals surface area (Å²) in [5.41, 5.74) is 2.07. The summed E-state index contributed by atoms with van der Waals surface area (Å²) in [6.07, 6.45) is -2.86. The van der Waals surface area contributed by atoms with Crippen molar-refractivity contribution < 1.29 is 37.3 Å². The van der Waals surface area contributed by atoms with Gasteiger partial charge in [-0.05, 0) is 61.1 Å². The summed E-state index contributed by atoms with van der Waals surface area (Å²) in [5, 5.41) is 9.44. The van der Waals surface area contributed by atoms with E-state index in [1.165, 1.54) is 24.1 Å². The zero-order valence-electron chi connectivity index (χ0n) is 23.0. The summed E-state index contributed by atoms with van der Waals surface area (Å²) in [7, 11) is 1.53. The maximum absolute atomic E-state index is 13.4. The first-order valence-electron chi connectivity index (χ1n) is 13.7. The number of carboxylic acid groups (broad SMARTS) is 1. The lowest BCUT2D eigenvalue weighted by molar-refractivity contribution is -0.139. The van der Waals surface area contributed by atoms with Crippen molar-refractivity contribution in [3.05, 3.63) is 71.0 Å². The Morgan fingerprint density at radius 1 is 1.14 bits per heavy atom. The molecule has 1 N–H and O–H groups in total. The predicted octanol–water partition coefficient (Wildman–Crippen LogP) is 5.65. The number of carbonyl (C=O) groups excluding carboxylic acids is 1. The Morgan fingerprint density at radius 3 is 2.57 bits per heavy atom. The summed E-state index contributed by atoms with van der Waals surface area (Å²) in [6, 6.07) is 9.74. The van der Waals surface area contributed by atoms with Gasteiger partial charge in [0.2, 0.25) is 5.95 Å². The standard InChI is InChI=1S/C30H29F3N4O5/c1-16-26(18-5-3-6-19(11-18)30(31,32)33)42-29(40)37(16)15-24-23(14-34-28(35-24)36-9-4-10-36)21-12-17(7-8-25(21)41-2)20-13-22(20)27(38)39/h3,5-8,11-12,14,16,20,22,26H,4,9-10,13,15H2,1-2H3,(H,38,39)/t16-,20-,22+,26-/m0/s1. The van der Waals surface area contributed by atoms with Gasteiger partial charge in [0.05, 0.1) is 36.9 Å². The lowest BCUT2D eigenvalue weighted by Crippen LogP contribution is -2.39. The lowest BCUT2D eigenvalue weighted by Gasteiger charge is -2.31. The average molecular weight is 583 g/mol. The van der Waals surface area contributed by atoms with E-state index >= 15 is 0 Å². The van der Waals surface area contributed by atoms with Crippen LogP contribution in [0.1, 0.15) is 54.2 Å². The largest absolute Gasteiger partial charge is 0.496 e. The molecule has 2 aliphatic heterocycles. The van der Waals surface area contributed by atoms with Gasteiger partial charge in [0.15, 0.2) is 0 Å². The minimum Gasteiger partial charge on any atom is -0.496 e. The number of carboxylic acids is 1. The molecule has 12 heteroatoms. The zero-order valence-corrected chi connectivity index (χ0v) is 23.0. The fraction of sp³-hybridized carbons (Fsp3) is 0.400. The van der Waals surface area contributed by atoms with Crippen molar-refractivity contribution in [3.8, 4) is 16.9 Å². The van der Waals surface area contributed by atoms with Gasteiger partial charge < -0.3 is 19.5 Å². The van der Waals surface area contributed by atoms with Crippen LogP contribution in [0.25, 0.3) is 11.1 Å². The first kappa shape index (κ1) is 27.8. The van der Waals surface area contributed by atoms with Crippen LogP contribution < -0.4 is 9.64 Å². The number of anilines is 1. The number of rotatable bonds is 8. The van der Waals surface area contributed by atoms with E-state index in [0.717, 1.165) is 37.2 Å². The summed E-state index contributed by atoms with van der Waals surface area (Å²) in [5.74, 6) is -0.343. The molecule has 6 rings (SSSR count). The lowest BCUT2D eigenvalue weighted by atomic mass is 9.98. The number of amides is 1. The number of benzene rings is 2. The Labute approximate surface area is 239 Å². The van der Waals surface area contributed by atoms with E-state index in [0.29, 0.717) is 34.9 Å². The van der Waals surface area contributed by atoms with Crippen LogP contribution in [0.4, 0.5) is 23.9 Å². The molecule has 4 atom stereocenters. The molecular weight excluding hydrogens is 553 g/mol. The molecule has 42 heavy (non-hydrogen) atoms. The smallest absolute Gasteiger partial charge is 0.416 e. The fourth-order valence-corrected chi connectivity index (χ4v) is 5.64. The van der Waals surface area contributed by atoms with Gasteiger partial charge in [0, 0.05) is 30.4 Å². The number of aliphatic carboxylic acids is 1. The molecule has 3 aliphatic rings. The third-order valence-electron chi connectivity index (χ3n) is 8.30. The molecule has 1 aliphatic carbocycles. The van der Waals surface area contributed by atoms with E-state index in [1.807, 2.05) is 17.0 Å². The third kappa shape index (κ3) is 5.10. The van der Waals surface area contributed by atoms with Gasteiger partial charge in [-0.1, -0.05) is 18.2 Å². The first-order chi connectivity index (χ1) is 20.0. The number of halogens is 3. The van der Waals surface area contributed by atoms with Crippen LogP contribution in [0.15, 0.2) is 48.7 Å². The highest BCUT2D eigenvalue weighted by Crippen LogP contribution is 2.49. The van der Waals surface area contributed by atoms with Crippen LogP contribution >= 0.6 is 0 Å². The van der Waals surface area contributed by atoms with Crippen molar-refractivity contribution in [1.29, 1.82) is 0 Å². The van der Waals surface area contributed by atoms with Crippen LogP contribution in [0.5, 0.6) is 5.75 Å². The molecule has 1 amide bonds. The normalized spacial score (nSPS) is 23.4. The minimum atomic E-state index is -4.52. The van der Waals surface area contributed by atoms with Crippen LogP contribution in [0.3, 0.4) is 0 Å². The van der Waals surface area contributed by atoms with Crippen molar-refractivity contribution in [2.75, 3.05) is 25.1 Å². The number of aromatic nitrogens is 2. The van der Waals surface area contributed by atoms with Gasteiger partial charge in [-0.25, -0.2) is 14.8 Å². The maximum atomic E-state index is 13.4. The van der Waals surface area contributed by atoms with Crippen molar-refractivity contribution in [3.63, 3.8) is 0 Å². The van der Waals surface area contributed by atoms with Gasteiger partial charge in [-0.15, -0.1) is 0 Å². The van der Waals surface area contributed by atoms with E-state index < -0.39 is 41.9 Å². The van der Waals surface area contributed by atoms with Crippen molar-refractivity contribution in [2.24, 2.45) is 5.92 Å². The molecule has 2 saturated heterocycles. The average Bonchev–Trinajstić information content (AvgIpc) is 3.69. The molecule has 0 bridgehead atoms. The molecule has 1 saturated carbocycles. The van der Waals surface area contributed by atoms with Crippen molar-refractivity contribution >= 4 is 18.0 Å². The minimum absolute atomic E-state index is 0.0166. The van der Waals surface area contributed by atoms with E-state index in [1.54, 1.807) is 19.2 Å². The molecule has 0 spiro atoms. The number of cyclic esters (lactones) is 1. The highest BCUT2D eigenvalue weighted by molar-refractivity contribution is 5.78. The predicted molar refractivity (Wildman–Crippen MR) is 145 cm³/mol. The highest BCUT2D eigenvalue weighted by atomic mass is 19.4. The van der Waals surface area contributed by atoms with Gasteiger partial charge in [-0.3, -0.25) is 9.69 Å². The van der Waals surface area contributed by atoms with Gasteiger partial charge in [-0.2, -0.15) is 13.2 Å². The van der Waals surface area contributed by atoms with Crippen molar-refractivity contribution in [1.82, 2.24) is 14.9 Å². The number of nitrogens with zero attached hydrogens (tertiary/aromatic N) is 4. The second kappa shape index (κ2) is 10.5. The molecular formula is C30H29F3N4O5. The zero-order chi connectivity index (χ0) is 29.8. The van der Waals surface area contributed by atoms with E-state index in [4.69, 9.17) is 14.5 Å². The van der Waals surface area contributed by atoms with Crippen LogP contribution in [0, 0.1) is 5.92 Å². The summed E-state index contributed by atoms with van der Waals surface area (Å²) >= 11 is 0. The number of carbonyl (C=O) groups is 2.